The highest BCUT2D eigenvalue weighted by Crippen LogP contribution is 2.44. The lowest BCUT2D eigenvalue weighted by Crippen LogP contribution is -2.62. The van der Waals surface area contributed by atoms with Crippen LogP contribution >= 0.6 is 0 Å². The quantitative estimate of drug-likeness (QED) is 0.0973. The third kappa shape index (κ3) is 12.4. The van der Waals surface area contributed by atoms with E-state index in [2.05, 4.69) is 28.1 Å². The number of likely N-dealkylation sites (tertiary alicyclic amines) is 1. The number of carbonyl (C=O) groups is 6. The van der Waals surface area contributed by atoms with Gasteiger partial charge in [0.05, 0.1) is 43.7 Å². The zero-order valence-electron chi connectivity index (χ0n) is 41.7. The van der Waals surface area contributed by atoms with Crippen LogP contribution in [0.4, 0.5) is 4.79 Å². The molecule has 370 valence electrons. The number of nitrogens with one attached hydrogen (secondary N) is 3. The van der Waals surface area contributed by atoms with Crippen molar-refractivity contribution in [1.29, 1.82) is 0 Å². The molecular formula is C53H73N5O10. The molecule has 0 radical (unpaired) electrons. The first-order chi connectivity index (χ1) is 32.4. The highest BCUT2D eigenvalue weighted by Gasteiger charge is 2.44. The van der Waals surface area contributed by atoms with E-state index in [1.165, 1.54) is 21.3 Å². The van der Waals surface area contributed by atoms with Crippen molar-refractivity contribution in [3.05, 3.63) is 95.6 Å². The molecule has 1 aliphatic heterocycles. The summed E-state index contributed by atoms with van der Waals surface area (Å²) in [6.07, 6.45) is -0.0547. The second-order valence-corrected chi connectivity index (χ2v) is 19.1. The molecule has 1 fully saturated rings. The van der Waals surface area contributed by atoms with E-state index >= 15 is 0 Å². The molecule has 68 heavy (non-hydrogen) atoms. The van der Waals surface area contributed by atoms with E-state index in [-0.39, 0.29) is 49.0 Å². The highest BCUT2D eigenvalue weighted by atomic mass is 16.5. The highest BCUT2D eigenvalue weighted by molar-refractivity contribution is 5.94. The van der Waals surface area contributed by atoms with Crippen molar-refractivity contribution in [2.45, 2.75) is 128 Å². The Morgan fingerprint density at radius 3 is 1.99 bits per heavy atom. The lowest BCUT2D eigenvalue weighted by molar-refractivity contribution is -0.149. The minimum atomic E-state index is -1.46. The fraction of sp³-hybridized carbons (Fsp3) is 0.547. The first-order valence-corrected chi connectivity index (χ1v) is 23.9. The minimum absolute atomic E-state index is 0.0616. The standard InChI is InChI=1S/C53H73N5O10/c1-12-33(4)46(43(65-9)30-44(59)58-28-20-27-42(58)47(66-10)34(5)48(60)54-41(50(62)67-11)29-35-21-14-13-15-22-35)57(8)49(61)45(32(2)3)55-51(63)53(6,7)56-52(64)68-31-40-38-25-18-16-23-36(38)37-24-17-19-26-39(37)40/h13-19,21-26,32-34,40-43,45-47H,12,20,27-31H2,1-11H3,(H,54,60)(H,55,63)(H,56,64)/t33-,34+,41-,42-,43+,45-,46-,47+/m0/s1. The summed E-state index contributed by atoms with van der Waals surface area (Å²) >= 11 is 0. The summed E-state index contributed by atoms with van der Waals surface area (Å²) in [4.78, 5) is 86.0. The Balaban J connectivity index is 1.23. The average molecular weight is 940 g/mol. The van der Waals surface area contributed by atoms with Crippen LogP contribution in [0, 0.1) is 17.8 Å². The van der Waals surface area contributed by atoms with E-state index in [4.69, 9.17) is 18.9 Å². The van der Waals surface area contributed by atoms with Crippen LogP contribution in [0.1, 0.15) is 96.8 Å². The Labute approximate surface area is 402 Å². The van der Waals surface area contributed by atoms with Crippen LogP contribution in [0.5, 0.6) is 0 Å². The average Bonchev–Trinajstić information content (AvgIpc) is 3.94. The smallest absolute Gasteiger partial charge is 0.408 e. The van der Waals surface area contributed by atoms with Crippen LogP contribution in [-0.4, -0.2) is 129 Å². The van der Waals surface area contributed by atoms with Gasteiger partial charge in [-0.15, -0.1) is 0 Å². The van der Waals surface area contributed by atoms with Gasteiger partial charge in [-0.3, -0.25) is 19.2 Å². The van der Waals surface area contributed by atoms with Crippen molar-refractivity contribution >= 4 is 35.7 Å². The van der Waals surface area contributed by atoms with Crippen LogP contribution in [0.3, 0.4) is 0 Å². The van der Waals surface area contributed by atoms with Gasteiger partial charge < -0.3 is 44.7 Å². The number of likely N-dealkylation sites (N-methyl/N-ethyl adjacent to an activating group) is 1. The van der Waals surface area contributed by atoms with Crippen molar-refractivity contribution in [2.24, 2.45) is 17.8 Å². The topological polar surface area (TPSA) is 182 Å². The van der Waals surface area contributed by atoms with Crippen molar-refractivity contribution in [1.82, 2.24) is 25.8 Å². The molecule has 0 spiro atoms. The first kappa shape index (κ1) is 53.2. The van der Waals surface area contributed by atoms with Crippen LogP contribution in [-0.2, 0) is 49.3 Å². The maximum Gasteiger partial charge on any atom is 0.408 e. The molecule has 8 atom stereocenters. The van der Waals surface area contributed by atoms with Crippen molar-refractivity contribution in [3.63, 3.8) is 0 Å². The zero-order valence-corrected chi connectivity index (χ0v) is 41.7. The molecule has 3 aromatic rings. The Morgan fingerprint density at radius 1 is 0.824 bits per heavy atom. The molecule has 15 heteroatoms. The second kappa shape index (κ2) is 24.0. The summed E-state index contributed by atoms with van der Waals surface area (Å²) in [6.45, 7) is 13.0. The predicted octanol–water partition coefficient (Wildman–Crippen LogP) is 6.27. The molecule has 0 aromatic heterocycles. The van der Waals surface area contributed by atoms with Gasteiger partial charge in [-0.25, -0.2) is 9.59 Å². The van der Waals surface area contributed by atoms with Gasteiger partial charge in [0.25, 0.3) is 0 Å². The normalized spacial score (nSPS) is 17.6. The first-order valence-electron chi connectivity index (χ1n) is 23.9. The number of hydrogen-bond donors (Lipinski definition) is 3. The predicted molar refractivity (Wildman–Crippen MR) is 259 cm³/mol. The molecule has 1 heterocycles. The lowest BCUT2D eigenvalue weighted by atomic mass is 9.89. The Bertz CT molecular complexity index is 2170. The number of carbonyl (C=O) groups excluding carboxylic acids is 6. The van der Waals surface area contributed by atoms with E-state index in [0.29, 0.717) is 25.8 Å². The number of fused-ring (bicyclic) bond motifs is 3. The molecule has 15 nitrogen and oxygen atoms in total. The Morgan fingerprint density at radius 2 is 1.43 bits per heavy atom. The largest absolute Gasteiger partial charge is 0.467 e. The number of methoxy groups -OCH3 is 3. The van der Waals surface area contributed by atoms with Gasteiger partial charge in [0.1, 0.15) is 24.2 Å². The summed E-state index contributed by atoms with van der Waals surface area (Å²) in [5.41, 5.74) is 3.73. The van der Waals surface area contributed by atoms with Crippen molar-refractivity contribution in [3.8, 4) is 11.1 Å². The number of alkyl carbamates (subject to hydrolysis) is 1. The van der Waals surface area contributed by atoms with Gasteiger partial charge >= 0.3 is 12.1 Å². The third-order valence-electron chi connectivity index (χ3n) is 13.9. The summed E-state index contributed by atoms with van der Waals surface area (Å²) in [5.74, 6) is -3.51. The third-order valence-corrected chi connectivity index (χ3v) is 13.9. The molecule has 1 saturated heterocycles. The number of nitrogens with zero attached hydrogens (tertiary/aromatic N) is 2. The van der Waals surface area contributed by atoms with Gasteiger partial charge in [0.15, 0.2) is 0 Å². The summed E-state index contributed by atoms with van der Waals surface area (Å²) < 4.78 is 22.8. The molecular weight excluding hydrogens is 867 g/mol. The van der Waals surface area contributed by atoms with Gasteiger partial charge in [-0.2, -0.15) is 0 Å². The Kier molecular flexibility index (Phi) is 18.7. The fourth-order valence-corrected chi connectivity index (χ4v) is 9.80. The number of rotatable bonds is 22. The lowest BCUT2D eigenvalue weighted by Gasteiger charge is -2.41. The fourth-order valence-electron chi connectivity index (χ4n) is 9.80. The van der Waals surface area contributed by atoms with Crippen LogP contribution < -0.4 is 16.0 Å². The van der Waals surface area contributed by atoms with Crippen molar-refractivity contribution in [2.75, 3.05) is 41.5 Å². The maximum atomic E-state index is 14.6. The van der Waals surface area contributed by atoms with Gasteiger partial charge in [0.2, 0.25) is 23.6 Å². The molecule has 5 rings (SSSR count). The monoisotopic (exact) mass is 940 g/mol. The van der Waals surface area contributed by atoms with Gasteiger partial charge in [0, 0.05) is 40.2 Å². The molecule has 0 bridgehead atoms. The zero-order chi connectivity index (χ0) is 49.9. The molecule has 0 saturated carbocycles. The van der Waals surface area contributed by atoms with E-state index in [0.717, 1.165) is 27.8 Å². The summed E-state index contributed by atoms with van der Waals surface area (Å²) in [6, 6.07) is 22.5. The van der Waals surface area contributed by atoms with E-state index in [1.807, 2.05) is 94.4 Å². The summed E-state index contributed by atoms with van der Waals surface area (Å²) in [7, 11) is 5.97. The van der Waals surface area contributed by atoms with Crippen LogP contribution in [0.2, 0.25) is 0 Å². The van der Waals surface area contributed by atoms with Gasteiger partial charge in [-0.1, -0.05) is 120 Å². The maximum absolute atomic E-state index is 14.6. The van der Waals surface area contributed by atoms with E-state index in [9.17, 15) is 28.8 Å². The molecule has 1 aliphatic carbocycles. The Hall–Kier alpha value is -5.80. The molecule has 5 amide bonds. The minimum Gasteiger partial charge on any atom is -0.467 e. The number of amides is 5. The number of esters is 1. The number of benzene rings is 3. The molecule has 3 N–H and O–H groups in total. The molecule has 2 aliphatic rings. The SMILES string of the molecule is CC[C@H](C)[C@@H]([C@@H](CC(=O)N1CCC[C@H]1[C@H](OC)[C@@H](C)C(=O)N[C@@H](Cc1ccccc1)C(=O)OC)OC)N(C)C(=O)[C@@H](NC(=O)C(C)(C)NC(=O)OCC1c2ccccc2-c2ccccc21)C(C)C. The van der Waals surface area contributed by atoms with Crippen LogP contribution in [0.15, 0.2) is 78.9 Å². The molecule has 3 aromatic carbocycles. The number of hydrogen-bond acceptors (Lipinski definition) is 10. The van der Waals surface area contributed by atoms with Crippen molar-refractivity contribution < 1.29 is 47.7 Å². The molecule has 0 unspecified atom stereocenters. The van der Waals surface area contributed by atoms with E-state index in [1.54, 1.807) is 37.6 Å². The second-order valence-electron chi connectivity index (χ2n) is 19.1. The van der Waals surface area contributed by atoms with Gasteiger partial charge in [-0.05, 0) is 66.3 Å². The van der Waals surface area contributed by atoms with E-state index < -0.39 is 71.7 Å². The van der Waals surface area contributed by atoms with Crippen LogP contribution in [0.25, 0.3) is 11.1 Å². The summed E-state index contributed by atoms with van der Waals surface area (Å²) in [5, 5.41) is 8.47. The number of ether oxygens (including phenoxy) is 4.